The van der Waals surface area contributed by atoms with E-state index >= 15 is 0 Å². The topological polar surface area (TPSA) is 125 Å². The summed E-state index contributed by atoms with van der Waals surface area (Å²) in [7, 11) is 0. The summed E-state index contributed by atoms with van der Waals surface area (Å²) in [5.41, 5.74) is 5.68. The van der Waals surface area contributed by atoms with E-state index in [0.29, 0.717) is 22.8 Å². The quantitative estimate of drug-likeness (QED) is 0.681. The number of aromatic nitrogens is 3. The normalized spacial score (nSPS) is 13.5. The summed E-state index contributed by atoms with van der Waals surface area (Å²) in [6.07, 6.45) is 3.31. The average Bonchev–Trinajstić information content (AvgIpc) is 3.22. The van der Waals surface area contributed by atoms with Gasteiger partial charge in [-0.1, -0.05) is 0 Å². The summed E-state index contributed by atoms with van der Waals surface area (Å²) in [6, 6.07) is 9.71. The zero-order chi connectivity index (χ0) is 19.0. The second-order valence-electron chi connectivity index (χ2n) is 6.33. The lowest BCUT2D eigenvalue weighted by molar-refractivity contribution is -0.117. The number of nitrogens with two attached hydrogens (primary N) is 1. The molecule has 0 atom stereocenters. The first-order chi connectivity index (χ1) is 13.0. The van der Waals surface area contributed by atoms with Crippen LogP contribution in [-0.2, 0) is 11.3 Å². The van der Waals surface area contributed by atoms with Gasteiger partial charge >= 0.3 is 5.69 Å². The highest BCUT2D eigenvalue weighted by Gasteiger charge is 2.31. The average molecular weight is 367 g/mol. The third kappa shape index (κ3) is 3.39. The van der Waals surface area contributed by atoms with E-state index in [-0.39, 0.29) is 18.3 Å². The smallest absolute Gasteiger partial charge is 0.347 e. The van der Waals surface area contributed by atoms with E-state index in [1.54, 1.807) is 28.8 Å². The number of primary amides is 1. The van der Waals surface area contributed by atoms with Crippen molar-refractivity contribution in [3.63, 3.8) is 0 Å². The summed E-state index contributed by atoms with van der Waals surface area (Å²) in [5, 5.41) is 6.95. The van der Waals surface area contributed by atoms with Crippen LogP contribution in [0.5, 0.6) is 0 Å². The Morgan fingerprint density at radius 3 is 2.56 bits per heavy atom. The lowest BCUT2D eigenvalue weighted by Crippen LogP contribution is -2.30. The molecule has 0 aliphatic heterocycles. The Morgan fingerprint density at radius 1 is 1.22 bits per heavy atom. The molecule has 3 N–H and O–H groups in total. The van der Waals surface area contributed by atoms with Crippen molar-refractivity contribution >= 4 is 17.5 Å². The molecule has 0 spiro atoms. The maximum atomic E-state index is 12.7. The molecule has 2 amide bonds. The van der Waals surface area contributed by atoms with Crippen LogP contribution in [0.4, 0.5) is 5.69 Å². The monoisotopic (exact) mass is 367 g/mol. The molecule has 0 radical (unpaired) electrons. The highest BCUT2D eigenvalue weighted by atomic mass is 16.3. The van der Waals surface area contributed by atoms with E-state index in [0.717, 1.165) is 17.5 Å². The van der Waals surface area contributed by atoms with Gasteiger partial charge in [-0.25, -0.2) is 9.48 Å². The highest BCUT2D eigenvalue weighted by molar-refractivity contribution is 5.94. The van der Waals surface area contributed by atoms with Crippen molar-refractivity contribution in [3.8, 4) is 11.6 Å². The maximum absolute atomic E-state index is 12.7. The van der Waals surface area contributed by atoms with Gasteiger partial charge in [-0.2, -0.15) is 0 Å². The van der Waals surface area contributed by atoms with Crippen LogP contribution in [0.25, 0.3) is 11.6 Å². The molecule has 4 rings (SSSR count). The molecule has 138 valence electrons. The Labute approximate surface area is 153 Å². The number of amides is 2. The third-order valence-electron chi connectivity index (χ3n) is 4.27. The lowest BCUT2D eigenvalue weighted by Gasteiger charge is -2.05. The third-order valence-corrected chi connectivity index (χ3v) is 4.27. The Kier molecular flexibility index (Phi) is 4.11. The maximum Gasteiger partial charge on any atom is 0.347 e. The molecular weight excluding hydrogens is 350 g/mol. The van der Waals surface area contributed by atoms with E-state index < -0.39 is 11.8 Å². The SMILES string of the molecule is NC(=O)c1ccc(NC(=O)Cn2nc(-c3ccco3)n(C3CC3)c2=O)cc1. The zero-order valence-corrected chi connectivity index (χ0v) is 14.3. The Morgan fingerprint density at radius 2 is 1.96 bits per heavy atom. The molecule has 1 saturated carbocycles. The van der Waals surface area contributed by atoms with Gasteiger partial charge in [-0.05, 0) is 49.2 Å². The lowest BCUT2D eigenvalue weighted by atomic mass is 10.2. The van der Waals surface area contributed by atoms with Crippen LogP contribution in [0.3, 0.4) is 0 Å². The minimum absolute atomic E-state index is 0.0933. The molecule has 9 nitrogen and oxygen atoms in total. The number of rotatable bonds is 6. The first kappa shape index (κ1) is 16.8. The van der Waals surface area contributed by atoms with Crippen molar-refractivity contribution in [1.29, 1.82) is 0 Å². The van der Waals surface area contributed by atoms with Gasteiger partial charge < -0.3 is 15.5 Å². The number of hydrogen-bond donors (Lipinski definition) is 2. The van der Waals surface area contributed by atoms with E-state index in [2.05, 4.69) is 10.4 Å². The Bertz CT molecular complexity index is 1040. The highest BCUT2D eigenvalue weighted by Crippen LogP contribution is 2.36. The minimum Gasteiger partial charge on any atom is -0.461 e. The zero-order valence-electron chi connectivity index (χ0n) is 14.3. The number of furan rings is 1. The van der Waals surface area contributed by atoms with Gasteiger partial charge in [0.15, 0.2) is 5.76 Å². The van der Waals surface area contributed by atoms with Crippen molar-refractivity contribution in [1.82, 2.24) is 14.3 Å². The summed E-state index contributed by atoms with van der Waals surface area (Å²) >= 11 is 0. The van der Waals surface area contributed by atoms with Gasteiger partial charge in [0.2, 0.25) is 17.6 Å². The molecule has 1 fully saturated rings. The molecule has 9 heteroatoms. The van der Waals surface area contributed by atoms with Gasteiger partial charge in [-0.3, -0.25) is 14.2 Å². The fourth-order valence-electron chi connectivity index (χ4n) is 2.81. The molecular formula is C18H17N5O4. The van der Waals surface area contributed by atoms with E-state index in [1.807, 2.05) is 0 Å². The summed E-state index contributed by atoms with van der Waals surface area (Å²) in [4.78, 5) is 36.1. The van der Waals surface area contributed by atoms with Crippen LogP contribution >= 0.6 is 0 Å². The first-order valence-electron chi connectivity index (χ1n) is 8.46. The summed E-state index contributed by atoms with van der Waals surface area (Å²) in [6.45, 7) is -0.232. The van der Waals surface area contributed by atoms with Gasteiger partial charge in [-0.15, -0.1) is 5.10 Å². The van der Waals surface area contributed by atoms with E-state index in [1.165, 1.54) is 18.4 Å². The van der Waals surface area contributed by atoms with Crippen LogP contribution in [-0.4, -0.2) is 26.2 Å². The number of nitrogens with one attached hydrogen (secondary N) is 1. The molecule has 0 saturated heterocycles. The summed E-state index contributed by atoms with van der Waals surface area (Å²) in [5.74, 6) is -0.0443. The number of carbonyl (C=O) groups excluding carboxylic acids is 2. The Balaban J connectivity index is 1.54. The van der Waals surface area contributed by atoms with Gasteiger partial charge in [0.25, 0.3) is 0 Å². The standard InChI is InChI=1S/C18H17N5O4/c19-16(25)11-3-5-12(6-4-11)20-15(24)10-22-18(26)23(13-7-8-13)17(21-22)14-2-1-9-27-14/h1-6,9,13H,7-8,10H2,(H2,19,25)(H,20,24). The van der Waals surface area contributed by atoms with Crippen molar-refractivity contribution in [2.75, 3.05) is 5.32 Å². The number of benzene rings is 1. The van der Waals surface area contributed by atoms with Crippen LogP contribution in [0.2, 0.25) is 0 Å². The predicted molar refractivity (Wildman–Crippen MR) is 96.0 cm³/mol. The fraction of sp³-hybridized carbons (Fsp3) is 0.222. The molecule has 2 heterocycles. The Hall–Kier alpha value is -3.62. The van der Waals surface area contributed by atoms with Crippen LogP contribution < -0.4 is 16.7 Å². The minimum atomic E-state index is -0.546. The van der Waals surface area contributed by atoms with Crippen LogP contribution in [0.15, 0.2) is 51.9 Å². The molecule has 1 aliphatic rings. The predicted octanol–water partition coefficient (Wildman–Crippen LogP) is 1.38. The fourth-order valence-corrected chi connectivity index (χ4v) is 2.81. The second-order valence-corrected chi connectivity index (χ2v) is 6.33. The van der Waals surface area contributed by atoms with Crippen LogP contribution in [0.1, 0.15) is 29.2 Å². The van der Waals surface area contributed by atoms with E-state index in [9.17, 15) is 14.4 Å². The molecule has 1 aromatic carbocycles. The molecule has 0 unspecified atom stereocenters. The van der Waals surface area contributed by atoms with Gasteiger partial charge in [0.1, 0.15) is 6.54 Å². The molecule has 0 bridgehead atoms. The van der Waals surface area contributed by atoms with Crippen molar-refractivity contribution in [2.24, 2.45) is 5.73 Å². The number of hydrogen-bond acceptors (Lipinski definition) is 5. The van der Waals surface area contributed by atoms with Gasteiger partial charge in [0, 0.05) is 17.3 Å². The molecule has 27 heavy (non-hydrogen) atoms. The van der Waals surface area contributed by atoms with Crippen molar-refractivity contribution < 1.29 is 14.0 Å². The van der Waals surface area contributed by atoms with Crippen LogP contribution in [0, 0.1) is 0 Å². The largest absolute Gasteiger partial charge is 0.461 e. The first-order valence-corrected chi connectivity index (χ1v) is 8.46. The number of anilines is 1. The summed E-state index contributed by atoms with van der Waals surface area (Å²) < 4.78 is 8.07. The van der Waals surface area contributed by atoms with E-state index in [4.69, 9.17) is 10.2 Å². The van der Waals surface area contributed by atoms with Gasteiger partial charge in [0.05, 0.1) is 6.26 Å². The number of nitrogens with zero attached hydrogens (tertiary/aromatic N) is 3. The number of carbonyl (C=O) groups is 2. The molecule has 2 aromatic heterocycles. The molecule has 1 aliphatic carbocycles. The molecule has 3 aromatic rings. The second kappa shape index (κ2) is 6.60. The van der Waals surface area contributed by atoms with Crippen molar-refractivity contribution in [2.45, 2.75) is 25.4 Å². The van der Waals surface area contributed by atoms with Crippen molar-refractivity contribution in [3.05, 3.63) is 58.7 Å².